The number of esters is 1. The largest absolute Gasteiger partial charge is 0.432 e. The summed E-state index contributed by atoms with van der Waals surface area (Å²) in [6, 6.07) is 9.86. The second-order valence-corrected chi connectivity index (χ2v) is 5.02. The van der Waals surface area contributed by atoms with E-state index in [4.69, 9.17) is 4.74 Å². The highest BCUT2D eigenvalue weighted by Gasteiger charge is 2.55. The molecule has 17 heavy (non-hydrogen) atoms. The summed E-state index contributed by atoms with van der Waals surface area (Å²) in [6.07, 6.45) is 3.17. The van der Waals surface area contributed by atoms with Crippen molar-refractivity contribution in [1.29, 1.82) is 0 Å². The molecule has 2 aliphatic rings. The third-order valence-corrected chi connectivity index (χ3v) is 4.02. The second kappa shape index (κ2) is 3.84. The van der Waals surface area contributed by atoms with Gasteiger partial charge in [-0.05, 0) is 18.4 Å². The molecule has 0 aromatic heterocycles. The van der Waals surface area contributed by atoms with Gasteiger partial charge in [0.1, 0.15) is 0 Å². The second-order valence-electron chi connectivity index (χ2n) is 5.02. The number of aliphatic hydroxyl groups is 1. The Hall–Kier alpha value is -1.35. The Balaban J connectivity index is 1.97. The quantitative estimate of drug-likeness (QED) is 0.755. The van der Waals surface area contributed by atoms with Gasteiger partial charge in [-0.2, -0.15) is 0 Å². The Morgan fingerprint density at radius 3 is 2.76 bits per heavy atom. The van der Waals surface area contributed by atoms with Crippen molar-refractivity contribution in [3.8, 4) is 0 Å². The van der Waals surface area contributed by atoms with Gasteiger partial charge in [-0.25, -0.2) is 0 Å². The zero-order valence-corrected chi connectivity index (χ0v) is 9.63. The average molecular weight is 232 g/mol. The van der Waals surface area contributed by atoms with Gasteiger partial charge in [-0.3, -0.25) is 4.79 Å². The van der Waals surface area contributed by atoms with Gasteiger partial charge in [0.2, 0.25) is 5.79 Å². The lowest BCUT2D eigenvalue weighted by Crippen LogP contribution is -2.44. The molecule has 1 saturated carbocycles. The summed E-state index contributed by atoms with van der Waals surface area (Å²) in [7, 11) is 0. The molecule has 1 aromatic carbocycles. The summed E-state index contributed by atoms with van der Waals surface area (Å²) in [5.41, 5.74) is 1.06. The Bertz CT molecular complexity index is 428. The van der Waals surface area contributed by atoms with E-state index in [1.807, 2.05) is 30.3 Å². The summed E-state index contributed by atoms with van der Waals surface area (Å²) in [4.78, 5) is 11.4. The van der Waals surface area contributed by atoms with Crippen molar-refractivity contribution in [3.05, 3.63) is 35.9 Å². The fraction of sp³-hybridized carbons (Fsp3) is 0.500. The molecule has 2 fully saturated rings. The number of fused-ring (bicyclic) bond motifs is 1. The molecule has 1 aromatic rings. The first kappa shape index (κ1) is 10.8. The van der Waals surface area contributed by atoms with Crippen molar-refractivity contribution >= 4 is 5.97 Å². The number of rotatable bonds is 1. The molecule has 1 aliphatic heterocycles. The molecule has 1 heterocycles. The van der Waals surface area contributed by atoms with Gasteiger partial charge >= 0.3 is 5.97 Å². The van der Waals surface area contributed by atoms with Crippen molar-refractivity contribution in [2.75, 3.05) is 0 Å². The lowest BCUT2D eigenvalue weighted by Gasteiger charge is -2.39. The minimum Gasteiger partial charge on any atom is -0.432 e. The van der Waals surface area contributed by atoms with E-state index in [1.165, 1.54) is 0 Å². The van der Waals surface area contributed by atoms with Gasteiger partial charge < -0.3 is 9.84 Å². The minimum atomic E-state index is -1.27. The first-order valence-electron chi connectivity index (χ1n) is 6.19. The van der Waals surface area contributed by atoms with E-state index in [0.717, 1.165) is 24.8 Å². The molecule has 3 heteroatoms. The van der Waals surface area contributed by atoms with Crippen LogP contribution >= 0.6 is 0 Å². The van der Waals surface area contributed by atoms with Crippen molar-refractivity contribution in [2.24, 2.45) is 5.92 Å². The first-order valence-corrected chi connectivity index (χ1v) is 6.19. The molecular weight excluding hydrogens is 216 g/mol. The Morgan fingerprint density at radius 1 is 1.24 bits per heavy atom. The van der Waals surface area contributed by atoms with Gasteiger partial charge in [0.15, 0.2) is 0 Å². The maximum atomic E-state index is 11.4. The molecule has 0 unspecified atom stereocenters. The normalized spacial score (nSPS) is 36.4. The SMILES string of the molecule is O=C1C[C@H]2CCC[C@H](c3ccccc3)[C@]2(O)O1. The van der Waals surface area contributed by atoms with E-state index in [9.17, 15) is 9.90 Å². The van der Waals surface area contributed by atoms with Crippen molar-refractivity contribution in [1.82, 2.24) is 0 Å². The molecule has 0 spiro atoms. The van der Waals surface area contributed by atoms with Crippen molar-refractivity contribution < 1.29 is 14.6 Å². The maximum Gasteiger partial charge on any atom is 0.308 e. The summed E-state index contributed by atoms with van der Waals surface area (Å²) in [5.74, 6) is -1.64. The molecule has 3 nitrogen and oxygen atoms in total. The third-order valence-electron chi connectivity index (χ3n) is 4.02. The number of ether oxygens (including phenoxy) is 1. The molecule has 0 bridgehead atoms. The van der Waals surface area contributed by atoms with Crippen LogP contribution in [0.3, 0.4) is 0 Å². The molecule has 3 rings (SSSR count). The lowest BCUT2D eigenvalue weighted by molar-refractivity contribution is -0.221. The van der Waals surface area contributed by atoms with E-state index in [-0.39, 0.29) is 17.8 Å². The maximum absolute atomic E-state index is 11.4. The number of benzene rings is 1. The van der Waals surface area contributed by atoms with E-state index in [2.05, 4.69) is 0 Å². The van der Waals surface area contributed by atoms with Gasteiger partial charge in [0.05, 0.1) is 6.42 Å². The summed E-state index contributed by atoms with van der Waals surface area (Å²) >= 11 is 0. The molecule has 1 aliphatic carbocycles. The zero-order valence-electron chi connectivity index (χ0n) is 9.63. The molecule has 1 N–H and O–H groups in total. The highest BCUT2D eigenvalue weighted by atomic mass is 16.7. The molecule has 0 radical (unpaired) electrons. The Morgan fingerprint density at radius 2 is 2.00 bits per heavy atom. The van der Waals surface area contributed by atoms with Crippen LogP contribution < -0.4 is 0 Å². The van der Waals surface area contributed by atoms with Gasteiger partial charge in [-0.1, -0.05) is 36.8 Å². The van der Waals surface area contributed by atoms with Gasteiger partial charge in [0, 0.05) is 11.8 Å². The van der Waals surface area contributed by atoms with Crippen molar-refractivity contribution in [2.45, 2.75) is 37.4 Å². The highest BCUT2D eigenvalue weighted by Crippen LogP contribution is 2.49. The fourth-order valence-corrected chi connectivity index (χ4v) is 3.19. The molecular formula is C14H16O3. The predicted molar refractivity (Wildman–Crippen MR) is 62.2 cm³/mol. The lowest BCUT2D eigenvalue weighted by atomic mass is 9.73. The third kappa shape index (κ3) is 1.65. The topological polar surface area (TPSA) is 46.5 Å². The van der Waals surface area contributed by atoms with Crippen LogP contribution in [0.15, 0.2) is 30.3 Å². The smallest absolute Gasteiger partial charge is 0.308 e. The van der Waals surface area contributed by atoms with E-state index in [1.54, 1.807) is 0 Å². The van der Waals surface area contributed by atoms with Crippen LogP contribution in [0.1, 0.15) is 37.2 Å². The van der Waals surface area contributed by atoms with Crippen LogP contribution in [0.25, 0.3) is 0 Å². The van der Waals surface area contributed by atoms with Crippen LogP contribution in [0.5, 0.6) is 0 Å². The van der Waals surface area contributed by atoms with Crippen molar-refractivity contribution in [3.63, 3.8) is 0 Å². The minimum absolute atomic E-state index is 0.0334. The van der Waals surface area contributed by atoms with Gasteiger partial charge in [-0.15, -0.1) is 0 Å². The van der Waals surface area contributed by atoms with Crippen LogP contribution in [-0.2, 0) is 9.53 Å². The van der Waals surface area contributed by atoms with Crippen LogP contribution in [0, 0.1) is 5.92 Å². The van der Waals surface area contributed by atoms with E-state index in [0.29, 0.717) is 6.42 Å². The molecule has 90 valence electrons. The highest BCUT2D eigenvalue weighted by molar-refractivity contribution is 5.73. The fourth-order valence-electron chi connectivity index (χ4n) is 3.19. The van der Waals surface area contributed by atoms with Crippen LogP contribution in [0.4, 0.5) is 0 Å². The Kier molecular flexibility index (Phi) is 2.44. The summed E-state index contributed by atoms with van der Waals surface area (Å²) in [5, 5.41) is 10.7. The molecule has 1 saturated heterocycles. The molecule has 0 amide bonds. The van der Waals surface area contributed by atoms with E-state index >= 15 is 0 Å². The Labute approximate surface area is 100 Å². The monoisotopic (exact) mass is 232 g/mol. The van der Waals surface area contributed by atoms with Gasteiger partial charge in [0.25, 0.3) is 0 Å². The zero-order chi connectivity index (χ0) is 11.9. The predicted octanol–water partition coefficient (Wildman–Crippen LogP) is 2.21. The van der Waals surface area contributed by atoms with Crippen LogP contribution in [0.2, 0.25) is 0 Å². The first-order chi connectivity index (χ1) is 8.20. The number of carbonyl (C=O) groups is 1. The number of carbonyl (C=O) groups excluding carboxylic acids is 1. The summed E-state index contributed by atoms with van der Waals surface area (Å²) < 4.78 is 5.24. The average Bonchev–Trinajstić information content (AvgIpc) is 2.63. The standard InChI is InChI=1S/C14H16O3/c15-13-9-11-7-4-8-12(14(11,16)17-13)10-5-2-1-3-6-10/h1-3,5-6,11-12,16H,4,7-9H2/t11-,12-,14-/m1/s1. The number of hydrogen-bond donors (Lipinski definition) is 1. The van der Waals surface area contributed by atoms with E-state index < -0.39 is 5.79 Å². The molecule has 3 atom stereocenters. The number of hydrogen-bond acceptors (Lipinski definition) is 3. The van der Waals surface area contributed by atoms with Crippen LogP contribution in [-0.4, -0.2) is 16.9 Å². The summed E-state index contributed by atoms with van der Waals surface area (Å²) in [6.45, 7) is 0.